The summed E-state index contributed by atoms with van der Waals surface area (Å²) < 4.78 is 14.9. The van der Waals surface area contributed by atoms with Crippen LogP contribution >= 0.6 is 11.6 Å². The van der Waals surface area contributed by atoms with Gasteiger partial charge in [-0.15, -0.1) is 0 Å². The molecule has 37 heavy (non-hydrogen) atoms. The summed E-state index contributed by atoms with van der Waals surface area (Å²) in [4.78, 5) is 27.0. The number of fused-ring (bicyclic) bond motifs is 1. The first-order valence-electron chi connectivity index (χ1n) is 12.1. The summed E-state index contributed by atoms with van der Waals surface area (Å²) >= 11 is 6.57. The predicted molar refractivity (Wildman–Crippen MR) is 143 cm³/mol. The van der Waals surface area contributed by atoms with Gasteiger partial charge in [-0.05, 0) is 63.1 Å². The molecule has 0 saturated carbocycles. The Labute approximate surface area is 219 Å². The van der Waals surface area contributed by atoms with Gasteiger partial charge in [-0.2, -0.15) is 0 Å². The number of amides is 1. The van der Waals surface area contributed by atoms with Crippen molar-refractivity contribution in [3.05, 3.63) is 77.2 Å². The highest BCUT2D eigenvalue weighted by Gasteiger charge is 2.24. The summed E-state index contributed by atoms with van der Waals surface area (Å²) in [6.07, 6.45) is 6.19. The molecule has 7 nitrogen and oxygen atoms in total. The summed E-state index contributed by atoms with van der Waals surface area (Å²) in [7, 11) is 0. The van der Waals surface area contributed by atoms with Crippen LogP contribution in [0.1, 0.15) is 51.0 Å². The van der Waals surface area contributed by atoms with Crippen LogP contribution in [0.4, 0.5) is 15.8 Å². The van der Waals surface area contributed by atoms with Gasteiger partial charge in [0.2, 0.25) is 5.91 Å². The number of benzene rings is 2. The van der Waals surface area contributed by atoms with Gasteiger partial charge in [0.15, 0.2) is 5.82 Å². The molecule has 1 amide bonds. The van der Waals surface area contributed by atoms with Crippen molar-refractivity contribution >= 4 is 39.8 Å². The Morgan fingerprint density at radius 2 is 1.84 bits per heavy atom. The average Bonchev–Trinajstić information content (AvgIpc) is 3.31. The minimum Gasteiger partial charge on any atom is -0.382 e. The summed E-state index contributed by atoms with van der Waals surface area (Å²) in [5.74, 6) is 0.0147. The van der Waals surface area contributed by atoms with Crippen molar-refractivity contribution in [3.63, 3.8) is 0 Å². The minimum absolute atomic E-state index is 0.0495. The van der Waals surface area contributed by atoms with Crippen LogP contribution in [-0.4, -0.2) is 32.5 Å². The number of pyridine rings is 1. The van der Waals surface area contributed by atoms with Crippen LogP contribution in [0.2, 0.25) is 5.02 Å². The summed E-state index contributed by atoms with van der Waals surface area (Å²) in [5, 5.41) is 14.7. The highest BCUT2D eigenvalue weighted by molar-refractivity contribution is 6.34. The van der Waals surface area contributed by atoms with Gasteiger partial charge in [0.25, 0.3) is 0 Å². The van der Waals surface area contributed by atoms with Crippen molar-refractivity contribution in [1.29, 1.82) is 0 Å². The number of anilines is 2. The second-order valence-electron chi connectivity index (χ2n) is 9.79. The molecule has 2 N–H and O–H groups in total. The first-order chi connectivity index (χ1) is 17.6. The van der Waals surface area contributed by atoms with Crippen LogP contribution in [0.15, 0.2) is 55.0 Å². The van der Waals surface area contributed by atoms with Crippen molar-refractivity contribution in [3.8, 4) is 11.1 Å². The zero-order chi connectivity index (χ0) is 26.3. The molecule has 1 unspecified atom stereocenters. The molecule has 1 atom stereocenters. The van der Waals surface area contributed by atoms with Gasteiger partial charge in [0.05, 0.1) is 22.3 Å². The van der Waals surface area contributed by atoms with Crippen molar-refractivity contribution in [2.75, 3.05) is 16.8 Å². The molecule has 0 radical (unpaired) electrons. The molecular formula is C28H27ClFN5O2. The molecule has 0 aliphatic carbocycles. The number of aliphatic hydroxyl groups is 1. The fourth-order valence-electron chi connectivity index (χ4n) is 4.53. The first-order valence-corrected chi connectivity index (χ1v) is 12.5. The van der Waals surface area contributed by atoms with E-state index in [-0.39, 0.29) is 11.7 Å². The van der Waals surface area contributed by atoms with E-state index in [1.54, 1.807) is 49.5 Å². The van der Waals surface area contributed by atoms with E-state index in [0.29, 0.717) is 46.3 Å². The van der Waals surface area contributed by atoms with E-state index in [1.807, 2.05) is 25.1 Å². The topological polar surface area (TPSA) is 91.2 Å². The van der Waals surface area contributed by atoms with E-state index in [2.05, 4.69) is 20.3 Å². The van der Waals surface area contributed by atoms with Gasteiger partial charge in [-0.25, -0.2) is 14.4 Å². The number of carbonyl (C=O) groups is 1. The summed E-state index contributed by atoms with van der Waals surface area (Å²) in [6.45, 7) is 5.75. The smallest absolute Gasteiger partial charge is 0.227 e. The number of nitrogens with zero attached hydrogens (tertiary/aromatic N) is 4. The number of rotatable bonds is 6. The van der Waals surface area contributed by atoms with E-state index in [4.69, 9.17) is 11.6 Å². The van der Waals surface area contributed by atoms with Gasteiger partial charge in [-0.1, -0.05) is 17.7 Å². The van der Waals surface area contributed by atoms with E-state index in [1.165, 1.54) is 6.07 Å². The SMILES string of the molecule is CC(Nc1c(Cl)cnc2ccc(-c3cnc(C(C)(C)O)nc3)cc12)c1cc(N2CCCC2=O)ccc1F. The van der Waals surface area contributed by atoms with Gasteiger partial charge in [-0.3, -0.25) is 9.78 Å². The maximum Gasteiger partial charge on any atom is 0.227 e. The van der Waals surface area contributed by atoms with Crippen molar-refractivity contribution in [1.82, 2.24) is 15.0 Å². The molecule has 5 rings (SSSR count). The molecule has 3 heterocycles. The Kier molecular flexibility index (Phi) is 6.56. The molecule has 1 aliphatic rings. The Morgan fingerprint density at radius 1 is 1.08 bits per heavy atom. The van der Waals surface area contributed by atoms with Crippen molar-refractivity contribution in [2.24, 2.45) is 0 Å². The van der Waals surface area contributed by atoms with Crippen LogP contribution < -0.4 is 10.2 Å². The second kappa shape index (κ2) is 9.68. The molecule has 190 valence electrons. The zero-order valence-electron chi connectivity index (χ0n) is 20.8. The standard InChI is InChI=1S/C28H27ClFN5O2/c1-16(20-12-19(7-8-23(20)30)35-10-4-5-25(35)36)34-26-21-11-17(6-9-24(21)31-15-22(26)29)18-13-32-27(33-14-18)28(2,3)37/h6-9,11-16,37H,4-5,10H2,1-3H3,(H,31,34). The largest absolute Gasteiger partial charge is 0.382 e. The Balaban J connectivity index is 1.50. The number of nitrogens with one attached hydrogen (secondary N) is 1. The highest BCUT2D eigenvalue weighted by Crippen LogP contribution is 2.36. The molecule has 2 aromatic carbocycles. The molecule has 9 heteroatoms. The normalized spacial score (nSPS) is 14.9. The van der Waals surface area contributed by atoms with Crippen molar-refractivity contribution < 1.29 is 14.3 Å². The molecule has 0 bridgehead atoms. The fraction of sp³-hybridized carbons (Fsp3) is 0.286. The van der Waals surface area contributed by atoms with Crippen LogP contribution in [0.5, 0.6) is 0 Å². The lowest BCUT2D eigenvalue weighted by atomic mass is 10.0. The molecule has 1 saturated heterocycles. The molecule has 0 spiro atoms. The monoisotopic (exact) mass is 519 g/mol. The zero-order valence-corrected chi connectivity index (χ0v) is 21.6. The third kappa shape index (κ3) is 4.99. The Morgan fingerprint density at radius 3 is 2.51 bits per heavy atom. The highest BCUT2D eigenvalue weighted by atomic mass is 35.5. The second-order valence-corrected chi connectivity index (χ2v) is 10.2. The Bertz CT molecular complexity index is 1490. The maximum atomic E-state index is 14.9. The molecule has 2 aromatic heterocycles. The number of aromatic nitrogens is 3. The van der Waals surface area contributed by atoms with Crippen molar-refractivity contribution in [2.45, 2.75) is 45.3 Å². The van der Waals surface area contributed by atoms with Gasteiger partial charge in [0, 0.05) is 53.8 Å². The third-order valence-corrected chi connectivity index (χ3v) is 6.83. The maximum absolute atomic E-state index is 14.9. The van der Waals surface area contributed by atoms with Crippen LogP contribution in [0.3, 0.4) is 0 Å². The molecular weight excluding hydrogens is 493 g/mol. The Hall–Kier alpha value is -3.62. The number of hydrogen-bond donors (Lipinski definition) is 2. The van der Waals surface area contributed by atoms with Crippen LogP contribution in [0, 0.1) is 5.82 Å². The lowest BCUT2D eigenvalue weighted by molar-refractivity contribution is -0.117. The fourth-order valence-corrected chi connectivity index (χ4v) is 4.74. The molecule has 4 aromatic rings. The minimum atomic E-state index is -1.14. The lowest BCUT2D eigenvalue weighted by Gasteiger charge is -2.22. The van der Waals surface area contributed by atoms with Gasteiger partial charge < -0.3 is 15.3 Å². The quantitative estimate of drug-likeness (QED) is 0.324. The molecule has 1 aliphatic heterocycles. The predicted octanol–water partition coefficient (Wildman–Crippen LogP) is 6.01. The van der Waals surface area contributed by atoms with E-state index >= 15 is 0 Å². The number of hydrogen-bond acceptors (Lipinski definition) is 6. The first kappa shape index (κ1) is 25.0. The van der Waals surface area contributed by atoms with E-state index in [9.17, 15) is 14.3 Å². The van der Waals surface area contributed by atoms with Crippen LogP contribution in [-0.2, 0) is 10.4 Å². The van der Waals surface area contributed by atoms with Gasteiger partial charge in [0.1, 0.15) is 11.4 Å². The average molecular weight is 520 g/mol. The van der Waals surface area contributed by atoms with Crippen LogP contribution in [0.25, 0.3) is 22.0 Å². The van der Waals surface area contributed by atoms with Gasteiger partial charge >= 0.3 is 0 Å². The summed E-state index contributed by atoms with van der Waals surface area (Å²) in [5.41, 5.74) is 2.94. The number of carbonyl (C=O) groups excluding carboxylic acids is 1. The third-order valence-electron chi connectivity index (χ3n) is 6.55. The van der Waals surface area contributed by atoms with E-state index < -0.39 is 11.6 Å². The molecule has 1 fully saturated rings. The lowest BCUT2D eigenvalue weighted by Crippen LogP contribution is -2.24. The summed E-state index contributed by atoms with van der Waals surface area (Å²) in [6, 6.07) is 10.0. The van der Waals surface area contributed by atoms with E-state index in [0.717, 1.165) is 22.9 Å². The number of halogens is 2.